The highest BCUT2D eigenvalue weighted by Gasteiger charge is 2.06. The highest BCUT2D eigenvalue weighted by atomic mass is 32.1. The summed E-state index contributed by atoms with van der Waals surface area (Å²) in [6.07, 6.45) is 0. The van der Waals surface area contributed by atoms with Gasteiger partial charge in [-0.1, -0.05) is 0 Å². The van der Waals surface area contributed by atoms with Gasteiger partial charge >= 0.3 is 5.63 Å². The zero-order chi connectivity index (χ0) is 19.4. The topological polar surface area (TPSA) is 57.5 Å². The molecule has 3 rings (SSSR count). The lowest BCUT2D eigenvalue weighted by Crippen LogP contribution is -2.22. The average molecular weight is 382 g/mol. The maximum Gasteiger partial charge on any atom is 0.336 e. The molecule has 5 nitrogen and oxygen atoms in total. The standard InChI is InChI=1S/C21H23N3O2S/c1-4-24(5-2)17-9-6-15(7-10-17)22-21(27)23-16-8-11-18-14(3)12-20(25)26-19(18)13-16/h6-13H,4-5H2,1-3H3,(H2,22,23,27). The summed E-state index contributed by atoms with van der Waals surface area (Å²) >= 11 is 5.40. The highest BCUT2D eigenvalue weighted by molar-refractivity contribution is 7.80. The van der Waals surface area contributed by atoms with Gasteiger partial charge in [0, 0.05) is 47.7 Å². The van der Waals surface area contributed by atoms with Crippen molar-refractivity contribution in [3.8, 4) is 0 Å². The summed E-state index contributed by atoms with van der Waals surface area (Å²) in [6.45, 7) is 8.12. The third-order valence-electron chi connectivity index (χ3n) is 4.46. The number of hydrogen-bond donors (Lipinski definition) is 2. The number of rotatable bonds is 5. The van der Waals surface area contributed by atoms with Crippen molar-refractivity contribution in [1.29, 1.82) is 0 Å². The smallest absolute Gasteiger partial charge is 0.336 e. The molecule has 2 aromatic carbocycles. The molecule has 0 atom stereocenters. The van der Waals surface area contributed by atoms with Crippen LogP contribution in [0.25, 0.3) is 11.0 Å². The van der Waals surface area contributed by atoms with Gasteiger partial charge in [-0.15, -0.1) is 0 Å². The molecule has 0 unspecified atom stereocenters. The Morgan fingerprint density at radius 2 is 1.63 bits per heavy atom. The number of benzene rings is 2. The number of aryl methyl sites for hydroxylation is 1. The van der Waals surface area contributed by atoms with Gasteiger partial charge in [-0.3, -0.25) is 0 Å². The van der Waals surface area contributed by atoms with Crippen molar-refractivity contribution < 1.29 is 4.42 Å². The van der Waals surface area contributed by atoms with E-state index in [1.54, 1.807) is 6.07 Å². The fourth-order valence-corrected chi connectivity index (χ4v) is 3.28. The van der Waals surface area contributed by atoms with Crippen molar-refractivity contribution in [3.63, 3.8) is 0 Å². The van der Waals surface area contributed by atoms with Gasteiger partial charge < -0.3 is 20.0 Å². The lowest BCUT2D eigenvalue weighted by molar-refractivity contribution is 0.560. The number of nitrogens with zero attached hydrogens (tertiary/aromatic N) is 1. The van der Waals surface area contributed by atoms with Gasteiger partial charge in [0.05, 0.1) is 0 Å². The Labute approximate surface area is 164 Å². The Hall–Kier alpha value is -2.86. The molecule has 0 aliphatic carbocycles. The Balaban J connectivity index is 1.70. The molecule has 2 N–H and O–H groups in total. The Bertz CT molecular complexity index is 1010. The first-order valence-corrected chi connectivity index (χ1v) is 9.38. The fraction of sp³-hybridized carbons (Fsp3) is 0.238. The van der Waals surface area contributed by atoms with Gasteiger partial charge in [-0.25, -0.2) is 4.79 Å². The zero-order valence-corrected chi connectivity index (χ0v) is 16.5. The summed E-state index contributed by atoms with van der Waals surface area (Å²) in [5.74, 6) is 0. The largest absolute Gasteiger partial charge is 0.423 e. The van der Waals surface area contributed by atoms with Crippen LogP contribution in [0.15, 0.2) is 57.7 Å². The van der Waals surface area contributed by atoms with E-state index >= 15 is 0 Å². The van der Waals surface area contributed by atoms with Gasteiger partial charge in [-0.05, 0) is 75.0 Å². The first-order valence-electron chi connectivity index (χ1n) is 8.97. The summed E-state index contributed by atoms with van der Waals surface area (Å²) in [4.78, 5) is 13.9. The van der Waals surface area contributed by atoms with E-state index in [4.69, 9.17) is 16.6 Å². The maximum atomic E-state index is 11.6. The van der Waals surface area contributed by atoms with Gasteiger partial charge in [0.1, 0.15) is 5.58 Å². The van der Waals surface area contributed by atoms with Crippen LogP contribution >= 0.6 is 12.2 Å². The Kier molecular flexibility index (Phi) is 5.76. The minimum atomic E-state index is -0.355. The number of anilines is 3. The van der Waals surface area contributed by atoms with Crippen LogP contribution in [0, 0.1) is 6.92 Å². The lowest BCUT2D eigenvalue weighted by atomic mass is 10.1. The van der Waals surface area contributed by atoms with Crippen molar-refractivity contribution in [2.75, 3.05) is 28.6 Å². The number of nitrogens with one attached hydrogen (secondary N) is 2. The SMILES string of the molecule is CCN(CC)c1ccc(NC(=S)Nc2ccc3c(C)cc(=O)oc3c2)cc1. The maximum absolute atomic E-state index is 11.6. The van der Waals surface area contributed by atoms with Gasteiger partial charge in [0.15, 0.2) is 5.11 Å². The predicted octanol–water partition coefficient (Wildman–Crippen LogP) is 4.76. The van der Waals surface area contributed by atoms with E-state index < -0.39 is 0 Å². The van der Waals surface area contributed by atoms with Crippen LogP contribution in [-0.2, 0) is 0 Å². The zero-order valence-electron chi connectivity index (χ0n) is 15.7. The number of thiocarbonyl (C=S) groups is 1. The van der Waals surface area contributed by atoms with Crippen LogP contribution in [0.1, 0.15) is 19.4 Å². The molecule has 6 heteroatoms. The molecule has 0 bridgehead atoms. The molecule has 0 aliphatic heterocycles. The Morgan fingerprint density at radius 3 is 2.30 bits per heavy atom. The van der Waals surface area contributed by atoms with Crippen molar-refractivity contribution in [3.05, 3.63) is 64.5 Å². The van der Waals surface area contributed by atoms with Crippen LogP contribution in [0.3, 0.4) is 0 Å². The number of fused-ring (bicyclic) bond motifs is 1. The quantitative estimate of drug-likeness (QED) is 0.491. The predicted molar refractivity (Wildman–Crippen MR) is 117 cm³/mol. The number of hydrogen-bond acceptors (Lipinski definition) is 4. The molecule has 0 amide bonds. The van der Waals surface area contributed by atoms with Crippen LogP contribution < -0.4 is 21.2 Å². The first kappa shape index (κ1) is 18.9. The first-order chi connectivity index (χ1) is 13.0. The second kappa shape index (κ2) is 8.22. The van der Waals surface area contributed by atoms with Crippen molar-refractivity contribution in [2.24, 2.45) is 0 Å². The van der Waals surface area contributed by atoms with E-state index in [9.17, 15) is 4.79 Å². The monoisotopic (exact) mass is 381 g/mol. The molecule has 1 aromatic heterocycles. The summed E-state index contributed by atoms with van der Waals surface area (Å²) in [5, 5.41) is 7.68. The molecule has 0 spiro atoms. The summed E-state index contributed by atoms with van der Waals surface area (Å²) < 4.78 is 5.28. The minimum absolute atomic E-state index is 0.355. The van der Waals surface area contributed by atoms with E-state index in [-0.39, 0.29) is 5.63 Å². The molecule has 140 valence electrons. The molecule has 1 heterocycles. The van der Waals surface area contributed by atoms with Gasteiger partial charge in [-0.2, -0.15) is 0 Å². The molecule has 0 radical (unpaired) electrons. The van der Waals surface area contributed by atoms with E-state index in [2.05, 4.69) is 41.5 Å². The van der Waals surface area contributed by atoms with Crippen molar-refractivity contribution in [2.45, 2.75) is 20.8 Å². The van der Waals surface area contributed by atoms with Gasteiger partial charge in [0.25, 0.3) is 0 Å². The van der Waals surface area contributed by atoms with Crippen molar-refractivity contribution >= 4 is 45.4 Å². The highest BCUT2D eigenvalue weighted by Crippen LogP contribution is 2.21. The summed E-state index contributed by atoms with van der Waals surface area (Å²) in [7, 11) is 0. The second-order valence-corrected chi connectivity index (χ2v) is 6.67. The molecular weight excluding hydrogens is 358 g/mol. The molecule has 3 aromatic rings. The minimum Gasteiger partial charge on any atom is -0.423 e. The van der Waals surface area contributed by atoms with E-state index in [1.165, 1.54) is 11.8 Å². The van der Waals surface area contributed by atoms with Crippen LogP contribution in [0.5, 0.6) is 0 Å². The normalized spacial score (nSPS) is 10.6. The lowest BCUT2D eigenvalue weighted by Gasteiger charge is -2.21. The fourth-order valence-electron chi connectivity index (χ4n) is 3.04. The summed E-state index contributed by atoms with van der Waals surface area (Å²) in [6, 6.07) is 15.3. The van der Waals surface area contributed by atoms with Crippen molar-refractivity contribution in [1.82, 2.24) is 0 Å². The Morgan fingerprint density at radius 1 is 1.00 bits per heavy atom. The molecule has 0 saturated heterocycles. The molecule has 0 saturated carbocycles. The summed E-state index contributed by atoms with van der Waals surface area (Å²) in [5.41, 5.74) is 3.92. The van der Waals surface area contributed by atoms with E-state index in [1.807, 2.05) is 31.2 Å². The average Bonchev–Trinajstić information content (AvgIpc) is 2.63. The third-order valence-corrected chi connectivity index (χ3v) is 4.67. The third kappa shape index (κ3) is 4.46. The van der Waals surface area contributed by atoms with E-state index in [0.717, 1.165) is 35.4 Å². The molecular formula is C21H23N3O2S. The molecule has 0 fully saturated rings. The molecule has 0 aliphatic rings. The van der Waals surface area contributed by atoms with Crippen LogP contribution in [0.4, 0.5) is 17.1 Å². The van der Waals surface area contributed by atoms with E-state index in [0.29, 0.717) is 10.7 Å². The molecule has 27 heavy (non-hydrogen) atoms. The van der Waals surface area contributed by atoms with Gasteiger partial charge in [0.2, 0.25) is 0 Å². The second-order valence-electron chi connectivity index (χ2n) is 6.26. The van der Waals surface area contributed by atoms with Crippen LogP contribution in [-0.4, -0.2) is 18.2 Å². The van der Waals surface area contributed by atoms with Crippen LogP contribution in [0.2, 0.25) is 0 Å².